The van der Waals surface area contributed by atoms with E-state index in [2.05, 4.69) is 5.32 Å². The first kappa shape index (κ1) is 23.6. The average Bonchev–Trinajstić information content (AvgIpc) is 2.81. The maximum absolute atomic E-state index is 13.9. The second-order valence-corrected chi connectivity index (χ2v) is 9.50. The molecule has 0 bridgehead atoms. The lowest BCUT2D eigenvalue weighted by molar-refractivity contribution is -0.119. The molecule has 0 heterocycles. The molecule has 0 aliphatic heterocycles. The molecule has 0 aromatic heterocycles. The van der Waals surface area contributed by atoms with Crippen LogP contribution in [0.25, 0.3) is 0 Å². The third kappa shape index (κ3) is 5.60. The summed E-state index contributed by atoms with van der Waals surface area (Å²) in [6.45, 7) is -0.354. The quantitative estimate of drug-likeness (QED) is 0.473. The molecule has 0 atom stereocenters. The fourth-order valence-electron chi connectivity index (χ4n) is 3.05. The highest BCUT2D eigenvalue weighted by Gasteiger charge is 2.27. The zero-order valence-corrected chi connectivity index (χ0v) is 19.3. The minimum Gasteiger partial charge on any atom is -0.496 e. The van der Waals surface area contributed by atoms with Crippen LogP contribution in [0.1, 0.15) is 5.56 Å². The van der Waals surface area contributed by atoms with Gasteiger partial charge in [0.2, 0.25) is 5.91 Å². The predicted molar refractivity (Wildman–Crippen MR) is 124 cm³/mol. The van der Waals surface area contributed by atoms with E-state index in [1.807, 2.05) is 18.4 Å². The largest absolute Gasteiger partial charge is 0.496 e. The molecule has 6 nitrogen and oxygen atoms in total. The zero-order valence-electron chi connectivity index (χ0n) is 17.6. The molecule has 32 heavy (non-hydrogen) atoms. The number of ether oxygens (including phenoxy) is 1. The number of hydrogen-bond acceptors (Lipinski definition) is 5. The average molecular weight is 475 g/mol. The van der Waals surface area contributed by atoms with Gasteiger partial charge in [-0.2, -0.15) is 0 Å². The third-order valence-electron chi connectivity index (χ3n) is 4.70. The van der Waals surface area contributed by atoms with Crippen molar-refractivity contribution in [1.82, 2.24) is 5.32 Å². The van der Waals surface area contributed by atoms with Gasteiger partial charge in [-0.25, -0.2) is 12.8 Å². The summed E-state index contributed by atoms with van der Waals surface area (Å²) in [7, 11) is -2.59. The molecule has 3 aromatic rings. The second-order valence-electron chi connectivity index (χ2n) is 6.76. The summed E-state index contributed by atoms with van der Waals surface area (Å²) in [4.78, 5) is 13.6. The van der Waals surface area contributed by atoms with Crippen LogP contribution in [0.3, 0.4) is 0 Å². The van der Waals surface area contributed by atoms with Gasteiger partial charge in [-0.15, -0.1) is 11.8 Å². The number of thioether (sulfide) groups is 1. The predicted octanol–water partition coefficient (Wildman–Crippen LogP) is 4.07. The van der Waals surface area contributed by atoms with E-state index in [-0.39, 0.29) is 17.1 Å². The Bertz CT molecular complexity index is 1180. The highest BCUT2D eigenvalue weighted by Crippen LogP contribution is 2.26. The van der Waals surface area contributed by atoms with E-state index in [9.17, 15) is 17.6 Å². The first-order valence-corrected chi connectivity index (χ1v) is 12.3. The smallest absolute Gasteiger partial charge is 0.264 e. The Labute approximate surface area is 191 Å². The van der Waals surface area contributed by atoms with Crippen LogP contribution in [0.5, 0.6) is 5.75 Å². The van der Waals surface area contributed by atoms with Crippen molar-refractivity contribution < 1.29 is 22.3 Å². The molecule has 3 rings (SSSR count). The lowest BCUT2D eigenvalue weighted by Crippen LogP contribution is -2.40. The Morgan fingerprint density at radius 3 is 2.44 bits per heavy atom. The van der Waals surface area contributed by atoms with Crippen LogP contribution >= 0.6 is 11.8 Å². The fourth-order valence-corrected chi connectivity index (χ4v) is 4.87. The van der Waals surface area contributed by atoms with Crippen LogP contribution in [-0.2, 0) is 21.4 Å². The number of methoxy groups -OCH3 is 1. The molecule has 0 unspecified atom stereocenters. The van der Waals surface area contributed by atoms with Gasteiger partial charge in [-0.1, -0.05) is 24.3 Å². The molecule has 3 aromatic carbocycles. The van der Waals surface area contributed by atoms with E-state index < -0.39 is 28.3 Å². The highest BCUT2D eigenvalue weighted by atomic mass is 32.2. The van der Waals surface area contributed by atoms with Gasteiger partial charge in [-0.05, 0) is 54.8 Å². The Morgan fingerprint density at radius 1 is 1.06 bits per heavy atom. The van der Waals surface area contributed by atoms with Crippen molar-refractivity contribution in [3.63, 3.8) is 0 Å². The van der Waals surface area contributed by atoms with Crippen molar-refractivity contribution in [2.24, 2.45) is 0 Å². The second kappa shape index (κ2) is 10.5. The summed E-state index contributed by atoms with van der Waals surface area (Å²) in [5.74, 6) is -0.532. The Balaban J connectivity index is 1.86. The number of carbonyl (C=O) groups excluding carboxylic acids is 1. The number of amides is 1. The van der Waals surface area contributed by atoms with E-state index in [1.165, 1.54) is 49.2 Å². The lowest BCUT2D eigenvalue weighted by Gasteiger charge is -2.24. The molecule has 0 aliphatic rings. The van der Waals surface area contributed by atoms with E-state index in [4.69, 9.17) is 4.74 Å². The van der Waals surface area contributed by atoms with Crippen LogP contribution in [0, 0.1) is 5.82 Å². The topological polar surface area (TPSA) is 75.7 Å². The number of halogens is 1. The molecule has 0 saturated heterocycles. The van der Waals surface area contributed by atoms with Crippen molar-refractivity contribution in [1.29, 1.82) is 0 Å². The molecular weight excluding hydrogens is 451 g/mol. The number of sulfonamides is 1. The normalized spacial score (nSPS) is 11.1. The lowest BCUT2D eigenvalue weighted by atomic mass is 10.2. The van der Waals surface area contributed by atoms with E-state index in [0.29, 0.717) is 5.75 Å². The number of rotatable bonds is 9. The maximum Gasteiger partial charge on any atom is 0.264 e. The van der Waals surface area contributed by atoms with E-state index in [1.54, 1.807) is 24.3 Å². The fraction of sp³-hybridized carbons (Fsp3) is 0.174. The van der Waals surface area contributed by atoms with Crippen molar-refractivity contribution in [3.05, 3.63) is 84.2 Å². The minimum atomic E-state index is -4.11. The number of hydrogen-bond donors (Lipinski definition) is 1. The molecule has 168 valence electrons. The Kier molecular flexibility index (Phi) is 7.76. The summed E-state index contributed by atoms with van der Waals surface area (Å²) >= 11 is 1.48. The monoisotopic (exact) mass is 474 g/mol. The van der Waals surface area contributed by atoms with Gasteiger partial charge in [0, 0.05) is 17.0 Å². The van der Waals surface area contributed by atoms with Crippen molar-refractivity contribution in [2.45, 2.75) is 16.3 Å². The zero-order chi connectivity index (χ0) is 23.1. The minimum absolute atomic E-state index is 0.0112. The molecule has 0 saturated carbocycles. The molecular formula is C23H23FN2O4S2. The summed E-state index contributed by atoms with van der Waals surface area (Å²) in [6, 6.07) is 18.6. The SMILES string of the molecule is COc1ccccc1CNC(=O)CN(c1cccc(F)c1)S(=O)(=O)c1ccc(SC)cc1. The third-order valence-corrected chi connectivity index (χ3v) is 7.23. The van der Waals surface area contributed by atoms with Crippen LogP contribution in [0.2, 0.25) is 0 Å². The summed E-state index contributed by atoms with van der Waals surface area (Å²) in [5.41, 5.74) is 0.808. The van der Waals surface area contributed by atoms with Gasteiger partial charge in [0.05, 0.1) is 17.7 Å². The first-order chi connectivity index (χ1) is 15.3. The number of carbonyl (C=O) groups is 1. The molecule has 1 amide bonds. The van der Waals surface area contributed by atoms with Crippen molar-refractivity contribution in [2.75, 3.05) is 24.2 Å². The van der Waals surface area contributed by atoms with Crippen LogP contribution < -0.4 is 14.4 Å². The molecule has 9 heteroatoms. The van der Waals surface area contributed by atoms with E-state index >= 15 is 0 Å². The van der Waals surface area contributed by atoms with Crippen LogP contribution in [0.15, 0.2) is 82.6 Å². The van der Waals surface area contributed by atoms with Crippen LogP contribution in [-0.4, -0.2) is 34.2 Å². The van der Waals surface area contributed by atoms with Gasteiger partial charge < -0.3 is 10.1 Å². The van der Waals surface area contributed by atoms with E-state index in [0.717, 1.165) is 20.8 Å². The standard InChI is InChI=1S/C23H23FN2O4S2/c1-30-22-9-4-3-6-17(22)15-25-23(27)16-26(19-8-5-7-18(24)14-19)32(28,29)21-12-10-20(31-2)11-13-21/h3-14H,15-16H2,1-2H3,(H,25,27). The summed E-state index contributed by atoms with van der Waals surface area (Å²) < 4.78 is 46.7. The van der Waals surface area contributed by atoms with Gasteiger partial charge in [-0.3, -0.25) is 9.10 Å². The highest BCUT2D eigenvalue weighted by molar-refractivity contribution is 7.98. The molecule has 0 aliphatic carbocycles. The van der Waals surface area contributed by atoms with Crippen molar-refractivity contribution >= 4 is 33.4 Å². The Morgan fingerprint density at radius 2 is 1.78 bits per heavy atom. The molecule has 0 radical (unpaired) electrons. The van der Waals surface area contributed by atoms with Gasteiger partial charge >= 0.3 is 0 Å². The first-order valence-electron chi connectivity index (χ1n) is 9.66. The molecule has 1 N–H and O–H groups in total. The number of nitrogens with one attached hydrogen (secondary N) is 1. The van der Waals surface area contributed by atoms with Gasteiger partial charge in [0.25, 0.3) is 10.0 Å². The summed E-state index contributed by atoms with van der Waals surface area (Å²) in [5, 5.41) is 2.71. The number of nitrogens with zero attached hydrogens (tertiary/aromatic N) is 1. The Hall–Kier alpha value is -3.04. The maximum atomic E-state index is 13.9. The van der Waals surface area contributed by atoms with Gasteiger partial charge in [0.1, 0.15) is 18.1 Å². The number of anilines is 1. The van der Waals surface area contributed by atoms with Crippen molar-refractivity contribution in [3.8, 4) is 5.75 Å². The number of para-hydroxylation sites is 1. The van der Waals surface area contributed by atoms with Gasteiger partial charge in [0.15, 0.2) is 0 Å². The summed E-state index contributed by atoms with van der Waals surface area (Å²) in [6.07, 6.45) is 1.88. The molecule has 0 spiro atoms. The van der Waals surface area contributed by atoms with Crippen LogP contribution in [0.4, 0.5) is 10.1 Å². The number of benzene rings is 3. The molecule has 0 fully saturated rings.